The first-order valence-corrected chi connectivity index (χ1v) is 6.03. The Bertz CT molecular complexity index is 645. The minimum Gasteiger partial charge on any atom is -0.388 e. The number of halogens is 5. The molecule has 0 aliphatic heterocycles. The van der Waals surface area contributed by atoms with Crippen LogP contribution in [0.4, 0.5) is 17.6 Å². The first-order valence-electron chi connectivity index (χ1n) is 5.65. The molecule has 2 aromatic rings. The molecule has 0 spiro atoms. The maximum Gasteiger partial charge on any atom is 0.161 e. The zero-order chi connectivity index (χ0) is 14.9. The van der Waals surface area contributed by atoms with E-state index in [-0.39, 0.29) is 17.0 Å². The van der Waals surface area contributed by atoms with Crippen molar-refractivity contribution in [2.45, 2.75) is 12.5 Å². The Labute approximate surface area is 117 Å². The van der Waals surface area contributed by atoms with Gasteiger partial charge in [-0.2, -0.15) is 0 Å². The largest absolute Gasteiger partial charge is 0.388 e. The van der Waals surface area contributed by atoms with Gasteiger partial charge in [0.15, 0.2) is 11.6 Å². The lowest BCUT2D eigenvalue weighted by molar-refractivity contribution is 0.172. The molecule has 2 rings (SSSR count). The topological polar surface area (TPSA) is 20.2 Å². The summed E-state index contributed by atoms with van der Waals surface area (Å²) in [5.41, 5.74) is -0.174. The number of hydrogen-bond donors (Lipinski definition) is 1. The van der Waals surface area contributed by atoms with Crippen molar-refractivity contribution in [1.82, 2.24) is 0 Å². The fourth-order valence-electron chi connectivity index (χ4n) is 1.82. The van der Waals surface area contributed by atoms with Crippen LogP contribution in [0, 0.1) is 23.3 Å². The van der Waals surface area contributed by atoms with Crippen LogP contribution in [-0.2, 0) is 6.42 Å². The molecule has 0 aliphatic carbocycles. The summed E-state index contributed by atoms with van der Waals surface area (Å²) in [4.78, 5) is 0. The SMILES string of the molecule is OC(Cc1cccc(F)c1Cl)c1cc(F)c(F)cc1F. The third-order valence-electron chi connectivity index (χ3n) is 2.84. The highest BCUT2D eigenvalue weighted by molar-refractivity contribution is 6.31. The zero-order valence-electron chi connectivity index (χ0n) is 10.0. The Morgan fingerprint density at radius 2 is 1.60 bits per heavy atom. The van der Waals surface area contributed by atoms with Crippen LogP contribution in [-0.4, -0.2) is 5.11 Å². The van der Waals surface area contributed by atoms with E-state index in [9.17, 15) is 22.7 Å². The molecule has 0 amide bonds. The molecule has 2 aromatic carbocycles. The lowest BCUT2D eigenvalue weighted by Crippen LogP contribution is -2.07. The predicted molar refractivity (Wildman–Crippen MR) is 66.4 cm³/mol. The Morgan fingerprint density at radius 3 is 2.30 bits per heavy atom. The molecule has 6 heteroatoms. The standard InChI is InChI=1S/C14H9ClF4O/c15-14-7(2-1-3-9(14)16)4-13(20)8-5-11(18)12(19)6-10(8)17/h1-3,5-6,13,20H,4H2. The molecular formula is C14H9ClF4O. The van der Waals surface area contributed by atoms with E-state index in [4.69, 9.17) is 11.6 Å². The van der Waals surface area contributed by atoms with Gasteiger partial charge in [0, 0.05) is 18.1 Å². The van der Waals surface area contributed by atoms with Crippen molar-refractivity contribution >= 4 is 11.6 Å². The van der Waals surface area contributed by atoms with Crippen LogP contribution in [0.1, 0.15) is 17.2 Å². The van der Waals surface area contributed by atoms with Gasteiger partial charge in [0.25, 0.3) is 0 Å². The molecule has 0 saturated heterocycles. The van der Waals surface area contributed by atoms with Crippen LogP contribution in [0.2, 0.25) is 5.02 Å². The summed E-state index contributed by atoms with van der Waals surface area (Å²) in [5, 5.41) is 9.68. The summed E-state index contributed by atoms with van der Waals surface area (Å²) >= 11 is 5.71. The third-order valence-corrected chi connectivity index (χ3v) is 3.27. The smallest absolute Gasteiger partial charge is 0.161 e. The maximum atomic E-state index is 13.5. The minimum atomic E-state index is -1.47. The molecule has 0 heterocycles. The van der Waals surface area contributed by atoms with E-state index in [2.05, 4.69) is 0 Å². The van der Waals surface area contributed by atoms with Gasteiger partial charge in [0.1, 0.15) is 11.6 Å². The highest BCUT2D eigenvalue weighted by atomic mass is 35.5. The van der Waals surface area contributed by atoms with Gasteiger partial charge in [0.05, 0.1) is 11.1 Å². The summed E-state index contributed by atoms with van der Waals surface area (Å²) in [5.74, 6) is -4.38. The van der Waals surface area contributed by atoms with Crippen LogP contribution in [0.25, 0.3) is 0 Å². The van der Waals surface area contributed by atoms with E-state index >= 15 is 0 Å². The van der Waals surface area contributed by atoms with E-state index in [1.54, 1.807) is 0 Å². The van der Waals surface area contributed by atoms with Crippen molar-refractivity contribution in [3.8, 4) is 0 Å². The van der Waals surface area contributed by atoms with Gasteiger partial charge >= 0.3 is 0 Å². The molecule has 0 saturated carbocycles. The van der Waals surface area contributed by atoms with Crippen LogP contribution in [0.3, 0.4) is 0 Å². The second-order valence-corrected chi connectivity index (χ2v) is 4.60. The molecule has 20 heavy (non-hydrogen) atoms. The van der Waals surface area contributed by atoms with Gasteiger partial charge < -0.3 is 5.11 Å². The summed E-state index contributed by atoms with van der Waals surface area (Å²) < 4.78 is 52.6. The van der Waals surface area contributed by atoms with E-state index in [1.807, 2.05) is 0 Å². The Hall–Kier alpha value is -1.59. The molecule has 0 fully saturated rings. The van der Waals surface area contributed by atoms with Gasteiger partial charge in [-0.05, 0) is 17.7 Å². The molecule has 1 nitrogen and oxygen atoms in total. The number of rotatable bonds is 3. The fraction of sp³-hybridized carbons (Fsp3) is 0.143. The van der Waals surface area contributed by atoms with Crippen LogP contribution < -0.4 is 0 Å². The Morgan fingerprint density at radius 1 is 0.950 bits per heavy atom. The summed E-state index contributed by atoms with van der Waals surface area (Å²) in [6.07, 6.45) is -1.69. The second kappa shape index (κ2) is 5.81. The van der Waals surface area contributed by atoms with Gasteiger partial charge in [-0.25, -0.2) is 17.6 Å². The Kier molecular flexibility index (Phi) is 4.30. The predicted octanol–water partition coefficient (Wildman–Crippen LogP) is 4.17. The summed E-state index contributed by atoms with van der Waals surface area (Å²) in [6.45, 7) is 0. The van der Waals surface area contributed by atoms with Gasteiger partial charge in [-0.1, -0.05) is 23.7 Å². The average Bonchev–Trinajstić information content (AvgIpc) is 2.39. The molecule has 1 N–H and O–H groups in total. The molecule has 0 radical (unpaired) electrons. The molecule has 0 aromatic heterocycles. The quantitative estimate of drug-likeness (QED) is 0.666. The van der Waals surface area contributed by atoms with E-state index in [0.29, 0.717) is 12.1 Å². The van der Waals surface area contributed by atoms with Gasteiger partial charge in [-0.3, -0.25) is 0 Å². The van der Waals surface area contributed by atoms with E-state index < -0.39 is 34.9 Å². The molecular weight excluding hydrogens is 296 g/mol. The highest BCUT2D eigenvalue weighted by Gasteiger charge is 2.19. The first kappa shape index (κ1) is 14.8. The molecule has 0 aliphatic rings. The van der Waals surface area contributed by atoms with Crippen molar-refractivity contribution in [2.24, 2.45) is 0 Å². The lowest BCUT2D eigenvalue weighted by Gasteiger charge is -2.13. The maximum absolute atomic E-state index is 13.5. The van der Waals surface area contributed by atoms with Gasteiger partial charge in [-0.15, -0.1) is 0 Å². The second-order valence-electron chi connectivity index (χ2n) is 4.22. The van der Waals surface area contributed by atoms with Gasteiger partial charge in [0.2, 0.25) is 0 Å². The molecule has 106 valence electrons. The molecule has 0 bridgehead atoms. The molecule has 1 unspecified atom stereocenters. The van der Waals surface area contributed by atoms with Crippen molar-refractivity contribution in [3.63, 3.8) is 0 Å². The van der Waals surface area contributed by atoms with Crippen molar-refractivity contribution in [1.29, 1.82) is 0 Å². The Balaban J connectivity index is 2.31. The van der Waals surface area contributed by atoms with E-state index in [1.165, 1.54) is 12.1 Å². The third kappa shape index (κ3) is 2.94. The van der Waals surface area contributed by atoms with Crippen LogP contribution in [0.5, 0.6) is 0 Å². The lowest BCUT2D eigenvalue weighted by atomic mass is 10.0. The highest BCUT2D eigenvalue weighted by Crippen LogP contribution is 2.27. The summed E-state index contributed by atoms with van der Waals surface area (Å²) in [6, 6.07) is 4.89. The number of aliphatic hydroxyl groups excluding tert-OH is 1. The minimum absolute atomic E-state index is 0.199. The normalized spacial score (nSPS) is 12.5. The van der Waals surface area contributed by atoms with E-state index in [0.717, 1.165) is 6.07 Å². The van der Waals surface area contributed by atoms with Crippen molar-refractivity contribution < 1.29 is 22.7 Å². The number of aliphatic hydroxyl groups is 1. The number of benzene rings is 2. The van der Waals surface area contributed by atoms with Crippen molar-refractivity contribution in [3.05, 3.63) is 69.8 Å². The fourth-order valence-corrected chi connectivity index (χ4v) is 2.02. The monoisotopic (exact) mass is 304 g/mol. The summed E-state index contributed by atoms with van der Waals surface area (Å²) in [7, 11) is 0. The zero-order valence-corrected chi connectivity index (χ0v) is 10.8. The average molecular weight is 305 g/mol. The number of hydrogen-bond acceptors (Lipinski definition) is 1. The first-order chi connectivity index (χ1) is 9.40. The van der Waals surface area contributed by atoms with Crippen LogP contribution in [0.15, 0.2) is 30.3 Å². The van der Waals surface area contributed by atoms with Crippen LogP contribution >= 0.6 is 11.6 Å². The molecule has 1 atom stereocenters. The van der Waals surface area contributed by atoms with Crippen molar-refractivity contribution in [2.75, 3.05) is 0 Å².